The highest BCUT2D eigenvalue weighted by Crippen LogP contribution is 2.33. The normalized spacial score (nSPS) is 14.0. The van der Waals surface area contributed by atoms with Crippen LogP contribution in [-0.2, 0) is 33.4 Å². The van der Waals surface area contributed by atoms with Gasteiger partial charge in [0.2, 0.25) is 15.9 Å². The van der Waals surface area contributed by atoms with E-state index in [-0.39, 0.29) is 22.1 Å². The van der Waals surface area contributed by atoms with Gasteiger partial charge < -0.3 is 10.3 Å². The van der Waals surface area contributed by atoms with Crippen molar-refractivity contribution in [3.8, 4) is 0 Å². The Hall–Kier alpha value is -2.21. The lowest BCUT2D eigenvalue weighted by Crippen LogP contribution is -2.22. The molecule has 0 fully saturated rings. The molecule has 8 nitrogen and oxygen atoms in total. The zero-order valence-electron chi connectivity index (χ0n) is 17.8. The number of aromatic nitrogens is 2. The van der Waals surface area contributed by atoms with Crippen molar-refractivity contribution in [2.75, 3.05) is 25.2 Å². The molecule has 0 radical (unpaired) electrons. The SMILES string of the molecule is CN(C)S(=O)(=O)c1cccc(NC(=O)CSCc2nc3sc4c(c3c(=O)[nH]2)CCCC4)c1. The molecule has 0 spiro atoms. The molecule has 1 amide bonds. The van der Waals surface area contributed by atoms with E-state index in [0.29, 0.717) is 17.3 Å². The Bertz CT molecular complexity index is 1330. The van der Waals surface area contributed by atoms with E-state index in [2.05, 4.69) is 15.3 Å². The molecule has 2 heterocycles. The Balaban J connectivity index is 1.38. The van der Waals surface area contributed by atoms with Crippen LogP contribution in [0.25, 0.3) is 10.2 Å². The average Bonchev–Trinajstić information content (AvgIpc) is 3.12. The number of benzene rings is 1. The third-order valence-electron chi connectivity index (χ3n) is 5.24. The van der Waals surface area contributed by atoms with Crippen molar-refractivity contribution in [1.82, 2.24) is 14.3 Å². The molecule has 32 heavy (non-hydrogen) atoms. The first-order chi connectivity index (χ1) is 15.3. The highest BCUT2D eigenvalue weighted by molar-refractivity contribution is 7.99. The molecule has 3 aromatic rings. The molecule has 0 unspecified atom stereocenters. The summed E-state index contributed by atoms with van der Waals surface area (Å²) in [6.07, 6.45) is 4.21. The van der Waals surface area contributed by atoms with E-state index in [1.807, 2.05) is 0 Å². The molecule has 0 aliphatic heterocycles. The van der Waals surface area contributed by atoms with E-state index in [1.165, 1.54) is 42.9 Å². The number of hydrogen-bond donors (Lipinski definition) is 2. The van der Waals surface area contributed by atoms with Crippen molar-refractivity contribution >= 4 is 54.9 Å². The van der Waals surface area contributed by atoms with Crippen molar-refractivity contribution < 1.29 is 13.2 Å². The number of carbonyl (C=O) groups is 1. The summed E-state index contributed by atoms with van der Waals surface area (Å²) in [5.41, 5.74) is 1.46. The van der Waals surface area contributed by atoms with E-state index in [0.717, 1.165) is 45.8 Å². The monoisotopic (exact) mass is 492 g/mol. The largest absolute Gasteiger partial charge is 0.325 e. The molecule has 4 rings (SSSR count). The van der Waals surface area contributed by atoms with E-state index in [1.54, 1.807) is 23.5 Å². The minimum atomic E-state index is -3.58. The maximum Gasteiger partial charge on any atom is 0.259 e. The number of aryl methyl sites for hydroxylation is 2. The third kappa shape index (κ3) is 4.75. The number of fused-ring (bicyclic) bond motifs is 3. The van der Waals surface area contributed by atoms with Crippen LogP contribution in [-0.4, -0.2) is 48.4 Å². The maximum absolute atomic E-state index is 12.6. The summed E-state index contributed by atoms with van der Waals surface area (Å²) >= 11 is 2.94. The highest BCUT2D eigenvalue weighted by Gasteiger charge is 2.20. The quantitative estimate of drug-likeness (QED) is 0.524. The zero-order chi connectivity index (χ0) is 22.9. The maximum atomic E-state index is 12.6. The van der Waals surface area contributed by atoms with Crippen LogP contribution in [0.15, 0.2) is 34.0 Å². The van der Waals surface area contributed by atoms with Gasteiger partial charge in [-0.1, -0.05) is 6.07 Å². The first-order valence-corrected chi connectivity index (χ1v) is 13.6. The number of sulfonamides is 1. The summed E-state index contributed by atoms with van der Waals surface area (Å²) in [5.74, 6) is 0.839. The minimum Gasteiger partial charge on any atom is -0.325 e. The molecular formula is C21H24N4O4S3. The van der Waals surface area contributed by atoms with Crippen LogP contribution < -0.4 is 10.9 Å². The van der Waals surface area contributed by atoms with Crippen LogP contribution in [0.3, 0.4) is 0 Å². The first kappa shape index (κ1) is 23.0. The summed E-state index contributed by atoms with van der Waals surface area (Å²) in [5, 5.41) is 3.45. The van der Waals surface area contributed by atoms with Crippen LogP contribution in [0.2, 0.25) is 0 Å². The molecule has 2 N–H and O–H groups in total. The number of carbonyl (C=O) groups excluding carboxylic acids is 1. The number of anilines is 1. The molecule has 170 valence electrons. The fourth-order valence-corrected chi connectivity index (χ4v) is 6.58. The number of hydrogen-bond acceptors (Lipinski definition) is 7. The second-order valence-electron chi connectivity index (χ2n) is 7.76. The standard InChI is InChI=1S/C21H24N4O4S3/c1-25(2)32(28,29)14-7-5-6-13(10-14)22-18(26)12-30-11-17-23-20(27)19-15-8-3-4-9-16(15)31-21(19)24-17/h5-7,10H,3-4,8-9,11-12H2,1-2H3,(H,22,26)(H,23,24,27). The van der Waals surface area contributed by atoms with Crippen LogP contribution in [0, 0.1) is 0 Å². The Labute approximate surface area is 194 Å². The predicted octanol–water partition coefficient (Wildman–Crippen LogP) is 2.99. The molecule has 2 aromatic heterocycles. The Morgan fingerprint density at radius 1 is 1.28 bits per heavy atom. The van der Waals surface area contributed by atoms with Gasteiger partial charge in [-0.25, -0.2) is 17.7 Å². The number of H-pyrrole nitrogens is 1. The van der Waals surface area contributed by atoms with Crippen molar-refractivity contribution in [2.45, 2.75) is 36.3 Å². The molecule has 0 bridgehead atoms. The topological polar surface area (TPSA) is 112 Å². The van der Waals surface area contributed by atoms with Gasteiger partial charge in [-0.15, -0.1) is 23.1 Å². The van der Waals surface area contributed by atoms with Crippen molar-refractivity contribution in [3.05, 3.63) is 50.9 Å². The second kappa shape index (κ2) is 9.34. The number of amides is 1. The van der Waals surface area contributed by atoms with E-state index < -0.39 is 10.0 Å². The molecule has 0 saturated heterocycles. The number of thiophene rings is 1. The Morgan fingerprint density at radius 3 is 2.84 bits per heavy atom. The van der Waals surface area contributed by atoms with Crippen molar-refractivity contribution in [3.63, 3.8) is 0 Å². The molecule has 1 aliphatic carbocycles. The minimum absolute atomic E-state index is 0.103. The molecule has 11 heteroatoms. The lowest BCUT2D eigenvalue weighted by molar-refractivity contribution is -0.113. The first-order valence-electron chi connectivity index (χ1n) is 10.2. The fourth-order valence-electron chi connectivity index (χ4n) is 3.66. The summed E-state index contributed by atoms with van der Waals surface area (Å²) in [6.45, 7) is 0. The second-order valence-corrected chi connectivity index (χ2v) is 12.0. The molecular weight excluding hydrogens is 468 g/mol. The summed E-state index contributed by atoms with van der Waals surface area (Å²) in [6, 6.07) is 6.15. The Morgan fingerprint density at radius 2 is 2.06 bits per heavy atom. The van der Waals surface area contributed by atoms with Crippen LogP contribution in [0.5, 0.6) is 0 Å². The van der Waals surface area contributed by atoms with Gasteiger partial charge in [0, 0.05) is 24.7 Å². The molecule has 1 aromatic carbocycles. The van der Waals surface area contributed by atoms with E-state index in [9.17, 15) is 18.0 Å². The smallest absolute Gasteiger partial charge is 0.259 e. The number of nitrogens with zero attached hydrogens (tertiary/aromatic N) is 2. The highest BCUT2D eigenvalue weighted by atomic mass is 32.2. The number of rotatable bonds is 7. The molecule has 0 atom stereocenters. The van der Waals surface area contributed by atoms with E-state index in [4.69, 9.17) is 0 Å². The fraction of sp³-hybridized carbons (Fsp3) is 0.381. The summed E-state index contributed by atoms with van der Waals surface area (Å²) in [4.78, 5) is 34.6. The lowest BCUT2D eigenvalue weighted by atomic mass is 9.97. The summed E-state index contributed by atoms with van der Waals surface area (Å²) in [7, 11) is -0.663. The van der Waals surface area contributed by atoms with Gasteiger partial charge in [-0.05, 0) is 49.4 Å². The Kier molecular flexibility index (Phi) is 6.70. The number of thioether (sulfide) groups is 1. The molecule has 1 aliphatic rings. The predicted molar refractivity (Wildman–Crippen MR) is 129 cm³/mol. The van der Waals surface area contributed by atoms with Gasteiger partial charge in [0.15, 0.2) is 0 Å². The average molecular weight is 493 g/mol. The van der Waals surface area contributed by atoms with Gasteiger partial charge in [-0.3, -0.25) is 9.59 Å². The van der Waals surface area contributed by atoms with Gasteiger partial charge in [0.1, 0.15) is 10.7 Å². The third-order valence-corrected chi connectivity index (χ3v) is 9.18. The lowest BCUT2D eigenvalue weighted by Gasteiger charge is -2.12. The van der Waals surface area contributed by atoms with Gasteiger partial charge in [0.25, 0.3) is 5.56 Å². The van der Waals surface area contributed by atoms with Crippen molar-refractivity contribution in [2.24, 2.45) is 0 Å². The number of aromatic amines is 1. The van der Waals surface area contributed by atoms with Crippen LogP contribution in [0.4, 0.5) is 5.69 Å². The molecule has 0 saturated carbocycles. The number of nitrogens with one attached hydrogen (secondary N) is 2. The zero-order valence-corrected chi connectivity index (χ0v) is 20.3. The van der Waals surface area contributed by atoms with Gasteiger partial charge >= 0.3 is 0 Å². The van der Waals surface area contributed by atoms with Gasteiger partial charge in [0.05, 0.1) is 21.8 Å². The van der Waals surface area contributed by atoms with Crippen LogP contribution in [0.1, 0.15) is 29.1 Å². The summed E-state index contributed by atoms with van der Waals surface area (Å²) < 4.78 is 25.6. The van der Waals surface area contributed by atoms with Crippen LogP contribution >= 0.6 is 23.1 Å². The van der Waals surface area contributed by atoms with Crippen molar-refractivity contribution in [1.29, 1.82) is 0 Å². The van der Waals surface area contributed by atoms with E-state index >= 15 is 0 Å². The van der Waals surface area contributed by atoms with Gasteiger partial charge in [-0.2, -0.15) is 0 Å².